The maximum atomic E-state index is 14.0. The van der Waals surface area contributed by atoms with Crippen LogP contribution in [-0.4, -0.2) is 27.1 Å². The van der Waals surface area contributed by atoms with Gasteiger partial charge in [0, 0.05) is 11.6 Å². The Kier molecular flexibility index (Phi) is 6.97. The van der Waals surface area contributed by atoms with E-state index in [-0.39, 0.29) is 22.8 Å². The second-order valence-corrected chi connectivity index (χ2v) is 7.81. The minimum absolute atomic E-state index is 0.0158. The molecule has 194 valence electrons. The van der Waals surface area contributed by atoms with Gasteiger partial charge in [-0.3, -0.25) is 4.79 Å². The highest BCUT2D eigenvalue weighted by Gasteiger charge is 2.31. The minimum Gasteiger partial charge on any atom is -0.493 e. The normalized spacial score (nSPS) is 13.4. The monoisotopic (exact) mass is 522 g/mol. The van der Waals surface area contributed by atoms with Crippen LogP contribution in [0.2, 0.25) is 0 Å². The summed E-state index contributed by atoms with van der Waals surface area (Å²) in [6.45, 7) is 0.620. The number of ketones is 1. The fourth-order valence-electron chi connectivity index (χ4n) is 3.87. The van der Waals surface area contributed by atoms with Crippen molar-refractivity contribution < 1.29 is 50.4 Å². The van der Waals surface area contributed by atoms with E-state index in [0.29, 0.717) is 28.4 Å². The molecule has 3 aromatic carbocycles. The van der Waals surface area contributed by atoms with Crippen LogP contribution in [0.5, 0.6) is 28.7 Å². The van der Waals surface area contributed by atoms with E-state index in [1.54, 1.807) is 19.1 Å². The van der Waals surface area contributed by atoms with Gasteiger partial charge in [0.2, 0.25) is 17.3 Å². The number of halogens is 5. The number of carbonyl (C=O) groups is 1. The molecule has 0 bridgehead atoms. The van der Waals surface area contributed by atoms with E-state index >= 15 is 0 Å². The van der Waals surface area contributed by atoms with Gasteiger partial charge in [0.25, 0.3) is 0 Å². The number of ether oxygens (including phenoxy) is 5. The second kappa shape index (κ2) is 10.00. The number of carbonyl (C=O) groups excluding carboxylic acids is 1. The summed E-state index contributed by atoms with van der Waals surface area (Å²) in [7, 11) is 4.31. The summed E-state index contributed by atoms with van der Waals surface area (Å²) in [5, 5.41) is 0. The number of benzene rings is 3. The van der Waals surface area contributed by atoms with Crippen LogP contribution in [0.1, 0.15) is 27.0 Å². The molecule has 0 unspecified atom stereocenters. The molecule has 1 aliphatic rings. The molecule has 0 atom stereocenters. The summed E-state index contributed by atoms with van der Waals surface area (Å²) < 4.78 is 95.2. The standard InChI is InChI=1S/C26H19F5O6/c1-11-7-13(36-10-14-19(27)21(29)23(31)22(30)20(14)28)9-16-18(11)24(32)17(37-16)8-12-5-6-15(33-2)26(35-4)25(12)34-3/h5-9H,10H2,1-4H3/b17-8-. The zero-order valence-electron chi connectivity index (χ0n) is 19.9. The number of fused-ring (bicyclic) bond motifs is 1. The van der Waals surface area contributed by atoms with Crippen LogP contribution >= 0.6 is 0 Å². The van der Waals surface area contributed by atoms with Crippen LogP contribution in [0, 0.1) is 36.0 Å². The van der Waals surface area contributed by atoms with E-state index < -0.39 is 47.0 Å². The van der Waals surface area contributed by atoms with E-state index in [1.165, 1.54) is 39.5 Å². The van der Waals surface area contributed by atoms with Crippen LogP contribution in [-0.2, 0) is 6.61 Å². The van der Waals surface area contributed by atoms with Gasteiger partial charge in [-0.25, -0.2) is 22.0 Å². The van der Waals surface area contributed by atoms with Crippen LogP contribution in [0.25, 0.3) is 6.08 Å². The Labute approximate surface area is 207 Å². The Hall–Kier alpha value is -4.28. The van der Waals surface area contributed by atoms with Gasteiger partial charge >= 0.3 is 0 Å². The molecule has 11 heteroatoms. The summed E-state index contributed by atoms with van der Waals surface area (Å²) in [6, 6.07) is 5.92. The lowest BCUT2D eigenvalue weighted by Crippen LogP contribution is -2.10. The van der Waals surface area contributed by atoms with Crippen LogP contribution in [0.4, 0.5) is 22.0 Å². The minimum atomic E-state index is -2.26. The first-order chi connectivity index (χ1) is 17.6. The average molecular weight is 522 g/mol. The van der Waals surface area contributed by atoms with Gasteiger partial charge in [-0.1, -0.05) is 0 Å². The van der Waals surface area contributed by atoms with Crippen molar-refractivity contribution in [1.29, 1.82) is 0 Å². The molecule has 4 rings (SSSR count). The largest absolute Gasteiger partial charge is 0.493 e. The van der Waals surface area contributed by atoms with E-state index in [0.717, 1.165) is 0 Å². The Morgan fingerprint density at radius 2 is 1.46 bits per heavy atom. The van der Waals surface area contributed by atoms with Gasteiger partial charge in [-0.15, -0.1) is 0 Å². The molecule has 0 saturated carbocycles. The first-order valence-electron chi connectivity index (χ1n) is 10.6. The van der Waals surface area contributed by atoms with Gasteiger partial charge < -0.3 is 23.7 Å². The van der Waals surface area contributed by atoms with E-state index in [1.807, 2.05) is 0 Å². The van der Waals surface area contributed by atoms with E-state index in [9.17, 15) is 26.7 Å². The first-order valence-corrected chi connectivity index (χ1v) is 10.6. The van der Waals surface area contributed by atoms with Crippen LogP contribution in [0.15, 0.2) is 30.0 Å². The van der Waals surface area contributed by atoms with Crippen molar-refractivity contribution in [3.63, 3.8) is 0 Å². The zero-order chi connectivity index (χ0) is 27.0. The summed E-state index contributed by atoms with van der Waals surface area (Å²) in [5.74, 6) is -9.80. The van der Waals surface area contributed by atoms with Crippen molar-refractivity contribution in [1.82, 2.24) is 0 Å². The maximum absolute atomic E-state index is 14.0. The molecule has 0 radical (unpaired) electrons. The number of allylic oxidation sites excluding steroid dienone is 1. The SMILES string of the molecule is COc1ccc(/C=C2\Oc3cc(OCc4c(F)c(F)c(F)c(F)c4F)cc(C)c3C2=O)c(OC)c1OC. The highest BCUT2D eigenvalue weighted by molar-refractivity contribution is 6.15. The van der Waals surface area contributed by atoms with Crippen molar-refractivity contribution in [2.75, 3.05) is 21.3 Å². The molecule has 0 aromatic heterocycles. The Balaban J connectivity index is 1.64. The fraction of sp³-hybridized carbons (Fsp3) is 0.192. The quantitative estimate of drug-likeness (QED) is 0.166. The topological polar surface area (TPSA) is 63.2 Å². The predicted molar refractivity (Wildman–Crippen MR) is 121 cm³/mol. The van der Waals surface area contributed by atoms with Gasteiger partial charge in [0.05, 0.1) is 32.5 Å². The van der Waals surface area contributed by atoms with Gasteiger partial charge in [0.1, 0.15) is 18.1 Å². The molecule has 1 heterocycles. The van der Waals surface area contributed by atoms with Gasteiger partial charge in [0.15, 0.2) is 40.5 Å². The number of rotatable bonds is 7. The summed E-state index contributed by atoms with van der Waals surface area (Å²) in [6.07, 6.45) is 1.44. The molecular weight excluding hydrogens is 503 g/mol. The van der Waals surface area contributed by atoms with Crippen molar-refractivity contribution >= 4 is 11.9 Å². The zero-order valence-corrected chi connectivity index (χ0v) is 19.9. The second-order valence-electron chi connectivity index (χ2n) is 7.81. The molecule has 6 nitrogen and oxygen atoms in total. The summed E-state index contributed by atoms with van der Waals surface area (Å²) in [4.78, 5) is 13.0. The number of Topliss-reactive ketones (excluding diaryl/α,β-unsaturated/α-hetero) is 1. The lowest BCUT2D eigenvalue weighted by molar-refractivity contribution is 0.101. The van der Waals surface area contributed by atoms with E-state index in [4.69, 9.17) is 23.7 Å². The Bertz CT molecular complexity index is 1420. The van der Waals surface area contributed by atoms with Crippen LogP contribution in [0.3, 0.4) is 0 Å². The third-order valence-electron chi connectivity index (χ3n) is 5.65. The van der Waals surface area contributed by atoms with Crippen molar-refractivity contribution in [3.05, 3.63) is 81.4 Å². The summed E-state index contributed by atoms with van der Waals surface area (Å²) >= 11 is 0. The maximum Gasteiger partial charge on any atom is 0.232 e. The lowest BCUT2D eigenvalue weighted by Gasteiger charge is -2.14. The molecule has 0 saturated heterocycles. The molecule has 0 amide bonds. The molecule has 3 aromatic rings. The molecule has 0 aliphatic carbocycles. The summed E-state index contributed by atoms with van der Waals surface area (Å²) in [5.41, 5.74) is -0.0590. The van der Waals surface area contributed by atoms with Crippen LogP contribution < -0.4 is 23.7 Å². The molecule has 1 aliphatic heterocycles. The molecule has 37 heavy (non-hydrogen) atoms. The highest BCUT2D eigenvalue weighted by atomic mass is 19.2. The molecule has 0 fully saturated rings. The third kappa shape index (κ3) is 4.41. The first kappa shape index (κ1) is 25.8. The van der Waals surface area contributed by atoms with Crippen molar-refractivity contribution in [3.8, 4) is 28.7 Å². The Morgan fingerprint density at radius 3 is 2.05 bits per heavy atom. The number of methoxy groups -OCH3 is 3. The van der Waals surface area contributed by atoms with Gasteiger partial charge in [-0.2, -0.15) is 0 Å². The van der Waals surface area contributed by atoms with Crippen molar-refractivity contribution in [2.45, 2.75) is 13.5 Å². The number of aryl methyl sites for hydroxylation is 1. The van der Waals surface area contributed by atoms with Gasteiger partial charge in [-0.05, 0) is 36.8 Å². The predicted octanol–water partition coefficient (Wildman–Crippen LogP) is 5.91. The molecule has 0 spiro atoms. The number of hydrogen-bond donors (Lipinski definition) is 0. The molecular formula is C26H19F5O6. The average Bonchev–Trinajstić information content (AvgIpc) is 3.20. The van der Waals surface area contributed by atoms with E-state index in [2.05, 4.69) is 0 Å². The highest BCUT2D eigenvalue weighted by Crippen LogP contribution is 2.43. The Morgan fingerprint density at radius 1 is 0.838 bits per heavy atom. The lowest BCUT2D eigenvalue weighted by atomic mass is 10.0. The molecule has 0 N–H and O–H groups in total. The smallest absolute Gasteiger partial charge is 0.232 e. The van der Waals surface area contributed by atoms with Crippen molar-refractivity contribution in [2.24, 2.45) is 0 Å². The third-order valence-corrected chi connectivity index (χ3v) is 5.65. The number of hydrogen-bond acceptors (Lipinski definition) is 6. The fourth-order valence-corrected chi connectivity index (χ4v) is 3.87.